The van der Waals surface area contributed by atoms with E-state index < -0.39 is 0 Å². The molecule has 0 radical (unpaired) electrons. The first-order valence-electron chi connectivity index (χ1n) is 4.06. The van der Waals surface area contributed by atoms with Crippen LogP contribution in [0.15, 0.2) is 12.1 Å². The molecule has 0 heterocycles. The molecule has 0 unspecified atom stereocenters. The van der Waals surface area contributed by atoms with Crippen LogP contribution in [0.3, 0.4) is 0 Å². The minimum absolute atomic E-state index is 0.415. The second kappa shape index (κ2) is 3.74. The van der Waals surface area contributed by atoms with E-state index in [0.29, 0.717) is 12.0 Å². The van der Waals surface area contributed by atoms with Crippen molar-refractivity contribution < 1.29 is 0 Å². The lowest BCUT2D eigenvalue weighted by molar-refractivity contribution is 1.19. The Balaban J connectivity index is 3.24. The highest BCUT2D eigenvalue weighted by atomic mass is 14.3. The molecule has 0 bridgehead atoms. The molecule has 64 valence electrons. The van der Waals surface area contributed by atoms with Crippen LogP contribution in [0.1, 0.15) is 22.3 Å². The number of aryl methyl sites for hydroxylation is 2. The highest BCUT2D eigenvalue weighted by Crippen LogP contribution is 2.15. The number of rotatable bonds is 1. The van der Waals surface area contributed by atoms with Gasteiger partial charge in [-0.15, -0.1) is 0 Å². The second-order valence-electron chi connectivity index (χ2n) is 3.04. The van der Waals surface area contributed by atoms with E-state index in [0.717, 1.165) is 16.7 Å². The summed E-state index contributed by atoms with van der Waals surface area (Å²) < 4.78 is 0. The Morgan fingerprint density at radius 3 is 2.38 bits per heavy atom. The van der Waals surface area contributed by atoms with Crippen molar-refractivity contribution in [2.75, 3.05) is 0 Å². The molecule has 13 heavy (non-hydrogen) atoms. The van der Waals surface area contributed by atoms with Crippen molar-refractivity contribution in [3.05, 3.63) is 34.4 Å². The predicted octanol–water partition coefficient (Wildman–Crippen LogP) is 2.24. The zero-order chi connectivity index (χ0) is 9.84. The molecule has 0 aliphatic carbocycles. The van der Waals surface area contributed by atoms with Crippen LogP contribution in [0.25, 0.3) is 0 Å². The summed E-state index contributed by atoms with van der Waals surface area (Å²) in [6.07, 6.45) is 0.415. The summed E-state index contributed by atoms with van der Waals surface area (Å²) in [5, 5.41) is 17.3. The average Bonchev–Trinajstić information content (AvgIpc) is 2.11. The van der Waals surface area contributed by atoms with E-state index in [-0.39, 0.29) is 0 Å². The first-order valence-corrected chi connectivity index (χ1v) is 4.06. The smallest absolute Gasteiger partial charge is 0.0994 e. The zero-order valence-electron chi connectivity index (χ0n) is 7.76. The van der Waals surface area contributed by atoms with Crippen molar-refractivity contribution in [2.24, 2.45) is 0 Å². The molecule has 2 heteroatoms. The van der Waals surface area contributed by atoms with Crippen molar-refractivity contribution in [1.82, 2.24) is 0 Å². The van der Waals surface area contributed by atoms with Gasteiger partial charge < -0.3 is 0 Å². The van der Waals surface area contributed by atoms with E-state index in [1.54, 1.807) is 0 Å². The summed E-state index contributed by atoms with van der Waals surface area (Å²) in [7, 11) is 0. The van der Waals surface area contributed by atoms with Gasteiger partial charge in [0, 0.05) is 0 Å². The summed E-state index contributed by atoms with van der Waals surface area (Å²) in [6.45, 7) is 3.81. The third-order valence-corrected chi connectivity index (χ3v) is 2.07. The van der Waals surface area contributed by atoms with Crippen molar-refractivity contribution in [3.8, 4) is 12.1 Å². The molecule has 0 saturated heterocycles. The molecule has 0 fully saturated rings. The highest BCUT2D eigenvalue weighted by molar-refractivity contribution is 5.44. The van der Waals surface area contributed by atoms with Crippen LogP contribution in [0, 0.1) is 36.5 Å². The van der Waals surface area contributed by atoms with Gasteiger partial charge >= 0.3 is 0 Å². The van der Waals surface area contributed by atoms with Crippen LogP contribution in [0.2, 0.25) is 0 Å². The number of hydrogen-bond donors (Lipinski definition) is 0. The minimum Gasteiger partial charge on any atom is -0.198 e. The number of hydrogen-bond acceptors (Lipinski definition) is 2. The minimum atomic E-state index is 0.415. The first kappa shape index (κ1) is 9.29. The summed E-state index contributed by atoms with van der Waals surface area (Å²) >= 11 is 0. The van der Waals surface area contributed by atoms with Gasteiger partial charge in [0.1, 0.15) is 0 Å². The topological polar surface area (TPSA) is 47.6 Å². The van der Waals surface area contributed by atoms with Crippen LogP contribution < -0.4 is 0 Å². The van der Waals surface area contributed by atoms with Gasteiger partial charge in [-0.05, 0) is 36.6 Å². The Labute approximate surface area is 78.0 Å². The summed E-state index contributed by atoms with van der Waals surface area (Å²) in [5.41, 5.74) is 3.67. The van der Waals surface area contributed by atoms with Gasteiger partial charge in [-0.1, -0.05) is 6.07 Å². The molecular formula is C11H10N2. The Bertz CT molecular complexity index is 405. The predicted molar refractivity (Wildman–Crippen MR) is 49.9 cm³/mol. The lowest BCUT2D eigenvalue weighted by Gasteiger charge is -2.04. The lowest BCUT2D eigenvalue weighted by atomic mass is 9.99. The monoisotopic (exact) mass is 170 g/mol. The molecule has 2 nitrogen and oxygen atoms in total. The van der Waals surface area contributed by atoms with Gasteiger partial charge in [-0.25, -0.2) is 0 Å². The maximum absolute atomic E-state index is 8.75. The summed E-state index contributed by atoms with van der Waals surface area (Å²) in [5.74, 6) is 0. The molecule has 0 saturated carbocycles. The first-order chi connectivity index (χ1) is 6.19. The fourth-order valence-corrected chi connectivity index (χ4v) is 1.27. The quantitative estimate of drug-likeness (QED) is 0.648. The molecule has 0 N–H and O–H groups in total. The molecule has 0 aliphatic rings. The molecule has 0 spiro atoms. The van der Waals surface area contributed by atoms with E-state index in [1.807, 2.05) is 26.0 Å². The molecular weight excluding hydrogens is 160 g/mol. The number of nitrogens with zero attached hydrogens (tertiary/aromatic N) is 2. The van der Waals surface area contributed by atoms with Crippen LogP contribution in [-0.4, -0.2) is 0 Å². The second-order valence-corrected chi connectivity index (χ2v) is 3.04. The fraction of sp³-hybridized carbons (Fsp3) is 0.273. The Hall–Kier alpha value is -1.80. The lowest BCUT2D eigenvalue weighted by Crippen LogP contribution is -1.92. The largest absolute Gasteiger partial charge is 0.198 e. The van der Waals surface area contributed by atoms with Gasteiger partial charge in [0.25, 0.3) is 0 Å². The van der Waals surface area contributed by atoms with E-state index >= 15 is 0 Å². The van der Waals surface area contributed by atoms with E-state index in [2.05, 4.69) is 12.1 Å². The van der Waals surface area contributed by atoms with Crippen molar-refractivity contribution in [2.45, 2.75) is 20.3 Å². The molecule has 0 aromatic heterocycles. The molecule has 0 aliphatic heterocycles. The SMILES string of the molecule is Cc1cc(CC#N)c(C)cc1C#N. The van der Waals surface area contributed by atoms with Gasteiger partial charge in [-0.3, -0.25) is 0 Å². The standard InChI is InChI=1S/C11H10N2/c1-8-6-11(7-13)9(2)5-10(8)3-4-12/h5-6H,3H2,1-2H3. The maximum Gasteiger partial charge on any atom is 0.0994 e. The Kier molecular flexibility index (Phi) is 2.67. The third kappa shape index (κ3) is 1.86. The van der Waals surface area contributed by atoms with Gasteiger partial charge in [0.2, 0.25) is 0 Å². The summed E-state index contributed by atoms with van der Waals surface area (Å²) in [6, 6.07) is 7.98. The van der Waals surface area contributed by atoms with Gasteiger partial charge in [-0.2, -0.15) is 10.5 Å². The van der Waals surface area contributed by atoms with Crippen LogP contribution >= 0.6 is 0 Å². The summed E-state index contributed by atoms with van der Waals surface area (Å²) in [4.78, 5) is 0. The molecule has 0 amide bonds. The van der Waals surface area contributed by atoms with Crippen molar-refractivity contribution in [3.63, 3.8) is 0 Å². The fourth-order valence-electron chi connectivity index (χ4n) is 1.27. The van der Waals surface area contributed by atoms with Gasteiger partial charge in [0.15, 0.2) is 0 Å². The van der Waals surface area contributed by atoms with E-state index in [4.69, 9.17) is 10.5 Å². The van der Waals surface area contributed by atoms with Crippen LogP contribution in [0.4, 0.5) is 0 Å². The van der Waals surface area contributed by atoms with E-state index in [1.165, 1.54) is 0 Å². The number of nitriles is 2. The van der Waals surface area contributed by atoms with Crippen molar-refractivity contribution in [1.29, 1.82) is 10.5 Å². The molecule has 1 aromatic carbocycles. The van der Waals surface area contributed by atoms with Gasteiger partial charge in [0.05, 0.1) is 24.1 Å². The Morgan fingerprint density at radius 1 is 1.15 bits per heavy atom. The molecule has 0 atom stereocenters. The third-order valence-electron chi connectivity index (χ3n) is 2.07. The van der Waals surface area contributed by atoms with Crippen molar-refractivity contribution >= 4 is 0 Å². The van der Waals surface area contributed by atoms with Crippen LogP contribution in [-0.2, 0) is 6.42 Å². The zero-order valence-corrected chi connectivity index (χ0v) is 7.76. The van der Waals surface area contributed by atoms with E-state index in [9.17, 15) is 0 Å². The normalized spacial score (nSPS) is 8.92. The Morgan fingerprint density at radius 2 is 1.85 bits per heavy atom. The average molecular weight is 170 g/mol. The molecule has 1 aromatic rings. The van der Waals surface area contributed by atoms with Crippen LogP contribution in [0.5, 0.6) is 0 Å². The maximum atomic E-state index is 8.75. The molecule has 1 rings (SSSR count). The highest BCUT2D eigenvalue weighted by Gasteiger charge is 2.02. The number of benzene rings is 1.